The van der Waals surface area contributed by atoms with Crippen molar-refractivity contribution in [2.75, 3.05) is 5.75 Å². The summed E-state index contributed by atoms with van der Waals surface area (Å²) >= 11 is 7.97. The highest BCUT2D eigenvalue weighted by Crippen LogP contribution is 2.24. The van der Waals surface area contributed by atoms with Crippen LogP contribution < -0.4 is 5.32 Å². The molecule has 1 N–H and O–H groups in total. The third-order valence-corrected chi connectivity index (χ3v) is 7.74. The zero-order valence-electron chi connectivity index (χ0n) is 19.7. The van der Waals surface area contributed by atoms with E-state index in [-0.39, 0.29) is 30.2 Å². The number of nitrogens with one attached hydrogen (secondary N) is 1. The van der Waals surface area contributed by atoms with Crippen molar-refractivity contribution < 1.29 is 9.59 Å². The van der Waals surface area contributed by atoms with E-state index in [1.807, 2.05) is 84.9 Å². The Kier molecular flexibility index (Phi) is 9.27. The topological polar surface area (TPSA) is 49.4 Å². The van der Waals surface area contributed by atoms with Crippen molar-refractivity contribution in [3.8, 4) is 0 Å². The Bertz CT molecular complexity index is 1100. The molecule has 1 aliphatic rings. The van der Waals surface area contributed by atoms with Crippen LogP contribution in [-0.4, -0.2) is 34.6 Å². The van der Waals surface area contributed by atoms with Gasteiger partial charge in [0, 0.05) is 28.9 Å². The molecule has 6 heteroatoms. The summed E-state index contributed by atoms with van der Waals surface area (Å²) < 4.78 is 0. The van der Waals surface area contributed by atoms with Crippen LogP contribution in [0.25, 0.3) is 0 Å². The lowest BCUT2D eigenvalue weighted by atomic mass is 10.0. The Morgan fingerprint density at radius 1 is 0.914 bits per heavy atom. The number of benzene rings is 3. The van der Waals surface area contributed by atoms with E-state index in [2.05, 4.69) is 5.32 Å². The molecule has 0 aromatic heterocycles. The normalized spacial score (nSPS) is 14.4. The van der Waals surface area contributed by atoms with Crippen LogP contribution in [-0.2, 0) is 22.6 Å². The second-order valence-electron chi connectivity index (χ2n) is 8.91. The van der Waals surface area contributed by atoms with E-state index in [1.54, 1.807) is 4.90 Å². The predicted octanol–water partition coefficient (Wildman–Crippen LogP) is 6.13. The van der Waals surface area contributed by atoms with Crippen molar-refractivity contribution in [2.24, 2.45) is 0 Å². The van der Waals surface area contributed by atoms with Gasteiger partial charge in [0.25, 0.3) is 0 Å². The van der Waals surface area contributed by atoms with Crippen LogP contribution in [0.5, 0.6) is 0 Å². The molecule has 0 heterocycles. The van der Waals surface area contributed by atoms with E-state index in [9.17, 15) is 9.59 Å². The van der Waals surface area contributed by atoms with Crippen LogP contribution >= 0.6 is 23.4 Å². The van der Waals surface area contributed by atoms with Gasteiger partial charge in [-0.05, 0) is 42.2 Å². The Morgan fingerprint density at radius 2 is 1.54 bits per heavy atom. The molecule has 1 aliphatic carbocycles. The zero-order valence-corrected chi connectivity index (χ0v) is 21.3. The molecular formula is C29H31ClN2O2S. The van der Waals surface area contributed by atoms with Gasteiger partial charge in [-0.3, -0.25) is 9.59 Å². The molecule has 35 heavy (non-hydrogen) atoms. The van der Waals surface area contributed by atoms with Crippen LogP contribution in [0, 0.1) is 0 Å². The number of halogens is 1. The second-order valence-corrected chi connectivity index (χ2v) is 10.4. The fraction of sp³-hybridized carbons (Fsp3) is 0.310. The molecular weight excluding hydrogens is 476 g/mol. The molecule has 3 aromatic carbocycles. The lowest BCUT2D eigenvalue weighted by Crippen LogP contribution is -2.52. The molecule has 1 atom stereocenters. The number of amides is 2. The maximum Gasteiger partial charge on any atom is 0.243 e. The Balaban J connectivity index is 1.61. The third kappa shape index (κ3) is 7.36. The second kappa shape index (κ2) is 12.8. The number of hydrogen-bond donors (Lipinski definition) is 1. The quantitative estimate of drug-likeness (QED) is 0.336. The highest BCUT2D eigenvalue weighted by atomic mass is 35.5. The van der Waals surface area contributed by atoms with E-state index in [0.717, 1.165) is 41.7 Å². The maximum atomic E-state index is 13.7. The molecule has 4 rings (SSSR count). The standard InChI is InChI=1S/C29H31ClN2O2S/c30-26-18-10-7-13-23(26)20-32(28(33)21-35-25-16-5-2-6-17-25)27(19-22-11-3-1-4-12-22)29(34)31-24-14-8-9-15-24/h1-7,10-13,16-18,24,27H,8-9,14-15,19-21H2,(H,31,34)/t27-/m1/s1. The van der Waals surface area contributed by atoms with Crippen LogP contribution in [0.3, 0.4) is 0 Å². The minimum atomic E-state index is -0.627. The molecule has 0 unspecified atom stereocenters. The fourth-order valence-electron chi connectivity index (χ4n) is 4.48. The first kappa shape index (κ1) is 25.3. The number of rotatable bonds is 10. The summed E-state index contributed by atoms with van der Waals surface area (Å²) in [6, 6.07) is 26.8. The molecule has 2 amide bonds. The van der Waals surface area contributed by atoms with Gasteiger partial charge in [0.15, 0.2) is 0 Å². The lowest BCUT2D eigenvalue weighted by molar-refractivity contribution is -0.139. The van der Waals surface area contributed by atoms with Gasteiger partial charge >= 0.3 is 0 Å². The molecule has 0 radical (unpaired) electrons. The highest BCUT2D eigenvalue weighted by Gasteiger charge is 2.32. The van der Waals surface area contributed by atoms with E-state index in [4.69, 9.17) is 11.6 Å². The van der Waals surface area contributed by atoms with Gasteiger partial charge in [-0.15, -0.1) is 11.8 Å². The van der Waals surface area contributed by atoms with E-state index < -0.39 is 6.04 Å². The Labute approximate surface area is 217 Å². The molecule has 1 fully saturated rings. The number of hydrogen-bond acceptors (Lipinski definition) is 3. The van der Waals surface area contributed by atoms with Crippen LogP contribution in [0.2, 0.25) is 5.02 Å². The average molecular weight is 507 g/mol. The van der Waals surface area contributed by atoms with Gasteiger partial charge in [-0.25, -0.2) is 0 Å². The summed E-state index contributed by atoms with van der Waals surface area (Å²) in [6.45, 7) is 0.281. The number of nitrogens with zero attached hydrogens (tertiary/aromatic N) is 1. The van der Waals surface area contributed by atoms with Crippen LogP contribution in [0.1, 0.15) is 36.8 Å². The fourth-order valence-corrected chi connectivity index (χ4v) is 5.48. The third-order valence-electron chi connectivity index (χ3n) is 6.38. The molecule has 3 aromatic rings. The van der Waals surface area contributed by atoms with Gasteiger partial charge < -0.3 is 10.2 Å². The summed E-state index contributed by atoms with van der Waals surface area (Å²) in [4.78, 5) is 30.1. The monoisotopic (exact) mass is 506 g/mol. The maximum absolute atomic E-state index is 13.7. The van der Waals surface area contributed by atoms with Crippen molar-refractivity contribution >= 4 is 35.2 Å². The summed E-state index contributed by atoms with van der Waals surface area (Å²) in [7, 11) is 0. The largest absolute Gasteiger partial charge is 0.352 e. The molecule has 182 valence electrons. The smallest absolute Gasteiger partial charge is 0.243 e. The van der Waals surface area contributed by atoms with Gasteiger partial charge in [0.2, 0.25) is 11.8 Å². The van der Waals surface area contributed by atoms with Crippen molar-refractivity contribution in [1.29, 1.82) is 0 Å². The molecule has 4 nitrogen and oxygen atoms in total. The number of thioether (sulfide) groups is 1. The van der Waals surface area contributed by atoms with Crippen molar-refractivity contribution in [3.63, 3.8) is 0 Å². The molecule has 0 spiro atoms. The first-order chi connectivity index (χ1) is 17.1. The summed E-state index contributed by atoms with van der Waals surface area (Å²) in [6.07, 6.45) is 4.69. The summed E-state index contributed by atoms with van der Waals surface area (Å²) in [5, 5.41) is 3.83. The highest BCUT2D eigenvalue weighted by molar-refractivity contribution is 8.00. The molecule has 0 bridgehead atoms. The Morgan fingerprint density at radius 3 is 2.23 bits per heavy atom. The van der Waals surface area contributed by atoms with Crippen molar-refractivity contribution in [1.82, 2.24) is 10.2 Å². The Hall–Kier alpha value is -2.76. The lowest BCUT2D eigenvalue weighted by Gasteiger charge is -2.32. The van der Waals surface area contributed by atoms with Gasteiger partial charge in [-0.2, -0.15) is 0 Å². The van der Waals surface area contributed by atoms with E-state index >= 15 is 0 Å². The molecule has 0 saturated heterocycles. The molecule has 1 saturated carbocycles. The predicted molar refractivity (Wildman–Crippen MR) is 144 cm³/mol. The SMILES string of the molecule is O=C(NC1CCCC1)[C@@H](Cc1ccccc1)N(Cc1ccccc1Cl)C(=O)CSc1ccccc1. The first-order valence-electron chi connectivity index (χ1n) is 12.1. The van der Waals surface area contributed by atoms with Gasteiger partial charge in [-0.1, -0.05) is 91.2 Å². The minimum Gasteiger partial charge on any atom is -0.352 e. The van der Waals surface area contributed by atoms with Gasteiger partial charge in [0.1, 0.15) is 6.04 Å². The first-order valence-corrected chi connectivity index (χ1v) is 13.5. The van der Waals surface area contributed by atoms with E-state index in [1.165, 1.54) is 11.8 Å². The van der Waals surface area contributed by atoms with Crippen molar-refractivity contribution in [3.05, 3.63) is 101 Å². The van der Waals surface area contributed by atoms with Crippen molar-refractivity contribution in [2.45, 2.75) is 55.6 Å². The zero-order chi connectivity index (χ0) is 24.5. The number of carbonyl (C=O) groups is 2. The minimum absolute atomic E-state index is 0.0822. The van der Waals surface area contributed by atoms with Gasteiger partial charge in [0.05, 0.1) is 5.75 Å². The summed E-state index contributed by atoms with van der Waals surface area (Å²) in [5.41, 5.74) is 1.85. The van der Waals surface area contributed by atoms with Crippen LogP contribution in [0.15, 0.2) is 89.8 Å². The number of carbonyl (C=O) groups excluding carboxylic acids is 2. The average Bonchev–Trinajstić information content (AvgIpc) is 3.40. The van der Waals surface area contributed by atoms with Crippen LogP contribution in [0.4, 0.5) is 0 Å². The summed E-state index contributed by atoms with van der Waals surface area (Å²) in [5.74, 6) is 0.0726. The van der Waals surface area contributed by atoms with E-state index in [0.29, 0.717) is 11.4 Å². The molecule has 0 aliphatic heterocycles.